The molecule has 1 amide bonds. The smallest absolute Gasteiger partial charge is 0.225 e. The van der Waals surface area contributed by atoms with Gasteiger partial charge in [-0.15, -0.1) is 0 Å². The Bertz CT molecular complexity index is 953. The second kappa shape index (κ2) is 7.64. The highest BCUT2D eigenvalue weighted by atomic mass is 32.1. The zero-order valence-electron chi connectivity index (χ0n) is 15.7. The van der Waals surface area contributed by atoms with E-state index in [0.29, 0.717) is 6.54 Å². The molecule has 3 heterocycles. The lowest BCUT2D eigenvalue weighted by Crippen LogP contribution is -2.43. The number of nitrogens with one attached hydrogen (secondary N) is 1. The van der Waals surface area contributed by atoms with Crippen LogP contribution in [-0.4, -0.2) is 29.0 Å². The van der Waals surface area contributed by atoms with Crippen molar-refractivity contribution < 1.29 is 4.79 Å². The second-order valence-electron chi connectivity index (χ2n) is 7.25. The van der Waals surface area contributed by atoms with Gasteiger partial charge in [-0.05, 0) is 56.0 Å². The number of carbonyl (C=O) groups is 1. The Balaban J connectivity index is 1.45. The highest BCUT2D eigenvalue weighted by Gasteiger charge is 2.27. The third-order valence-electron chi connectivity index (χ3n) is 5.05. The highest BCUT2D eigenvalue weighted by molar-refractivity contribution is 7.22. The van der Waals surface area contributed by atoms with Gasteiger partial charge in [0.15, 0.2) is 5.13 Å². The molecular formula is C21H24N4OS. The Morgan fingerprint density at radius 1 is 1.33 bits per heavy atom. The van der Waals surface area contributed by atoms with Gasteiger partial charge < -0.3 is 10.2 Å². The highest BCUT2D eigenvalue weighted by Crippen LogP contribution is 2.33. The number of hydrogen-bond acceptors (Lipinski definition) is 5. The molecule has 4 rings (SSSR count). The van der Waals surface area contributed by atoms with Gasteiger partial charge in [0, 0.05) is 19.3 Å². The van der Waals surface area contributed by atoms with E-state index in [2.05, 4.69) is 41.2 Å². The van der Waals surface area contributed by atoms with Crippen LogP contribution in [0, 0.1) is 19.8 Å². The zero-order chi connectivity index (χ0) is 18.8. The molecule has 1 N–H and O–H groups in total. The molecule has 1 atom stereocenters. The number of carbonyl (C=O) groups excluding carboxylic acids is 1. The number of piperidine rings is 1. The molecule has 0 unspecified atom stereocenters. The van der Waals surface area contributed by atoms with Crippen LogP contribution < -0.4 is 10.2 Å². The fourth-order valence-corrected chi connectivity index (χ4v) is 4.86. The second-order valence-corrected chi connectivity index (χ2v) is 8.26. The molecule has 5 nitrogen and oxygen atoms in total. The minimum Gasteiger partial charge on any atom is -0.350 e. The van der Waals surface area contributed by atoms with Gasteiger partial charge in [-0.2, -0.15) is 0 Å². The van der Waals surface area contributed by atoms with Crippen molar-refractivity contribution >= 4 is 32.6 Å². The van der Waals surface area contributed by atoms with E-state index in [1.165, 1.54) is 15.8 Å². The summed E-state index contributed by atoms with van der Waals surface area (Å²) < 4.78 is 1.23. The molecule has 1 aliphatic rings. The van der Waals surface area contributed by atoms with Gasteiger partial charge in [-0.25, -0.2) is 4.98 Å². The summed E-state index contributed by atoms with van der Waals surface area (Å²) in [5, 5.41) is 4.07. The van der Waals surface area contributed by atoms with Crippen LogP contribution in [0.25, 0.3) is 10.2 Å². The van der Waals surface area contributed by atoms with Crippen LogP contribution in [0.2, 0.25) is 0 Å². The minimum absolute atomic E-state index is 0.00249. The summed E-state index contributed by atoms with van der Waals surface area (Å²) in [6.07, 6.45) is 3.68. The number of benzene rings is 1. The van der Waals surface area contributed by atoms with Gasteiger partial charge in [-0.1, -0.05) is 23.5 Å². The number of aromatic nitrogens is 2. The van der Waals surface area contributed by atoms with Gasteiger partial charge in [-0.3, -0.25) is 9.78 Å². The lowest BCUT2D eigenvalue weighted by atomic mass is 9.97. The SMILES string of the molecule is Cc1cc(C)c2nc(N3CCC[C@H](C(=O)NCc4ccccn4)C3)sc2c1. The summed E-state index contributed by atoms with van der Waals surface area (Å²) in [6, 6.07) is 10.1. The van der Waals surface area contributed by atoms with Crippen LogP contribution in [0.4, 0.5) is 5.13 Å². The third-order valence-corrected chi connectivity index (χ3v) is 6.11. The number of pyridine rings is 1. The van der Waals surface area contributed by atoms with Crippen LogP contribution in [-0.2, 0) is 11.3 Å². The number of rotatable bonds is 4. The molecule has 1 fully saturated rings. The Morgan fingerprint density at radius 3 is 3.04 bits per heavy atom. The first-order valence-corrected chi connectivity index (χ1v) is 10.2. The topological polar surface area (TPSA) is 58.1 Å². The van der Waals surface area contributed by atoms with E-state index in [9.17, 15) is 4.79 Å². The van der Waals surface area contributed by atoms with E-state index >= 15 is 0 Å². The van der Waals surface area contributed by atoms with Crippen molar-refractivity contribution in [2.45, 2.75) is 33.2 Å². The molecule has 1 saturated heterocycles. The Labute approximate surface area is 163 Å². The van der Waals surface area contributed by atoms with E-state index in [1.807, 2.05) is 18.2 Å². The molecule has 1 aromatic carbocycles. The Kier molecular flexibility index (Phi) is 5.07. The molecule has 0 saturated carbocycles. The first kappa shape index (κ1) is 17.9. The Morgan fingerprint density at radius 2 is 2.22 bits per heavy atom. The number of thiazole rings is 1. The average molecular weight is 381 g/mol. The van der Waals surface area contributed by atoms with Crippen molar-refractivity contribution in [3.8, 4) is 0 Å². The van der Waals surface area contributed by atoms with Gasteiger partial charge in [0.2, 0.25) is 5.91 Å². The van der Waals surface area contributed by atoms with Gasteiger partial charge in [0.25, 0.3) is 0 Å². The van der Waals surface area contributed by atoms with Crippen LogP contribution >= 0.6 is 11.3 Å². The normalized spacial score (nSPS) is 17.3. The number of anilines is 1. The molecule has 0 spiro atoms. The number of nitrogens with zero attached hydrogens (tertiary/aromatic N) is 3. The maximum atomic E-state index is 12.6. The van der Waals surface area contributed by atoms with E-state index < -0.39 is 0 Å². The summed E-state index contributed by atoms with van der Waals surface area (Å²) in [7, 11) is 0. The molecule has 27 heavy (non-hydrogen) atoms. The summed E-state index contributed by atoms with van der Waals surface area (Å²) in [5.41, 5.74) is 4.45. The zero-order valence-corrected chi connectivity index (χ0v) is 16.6. The molecular weight excluding hydrogens is 356 g/mol. The van der Waals surface area contributed by atoms with Crippen molar-refractivity contribution in [2.24, 2.45) is 5.92 Å². The molecule has 6 heteroatoms. The maximum absolute atomic E-state index is 12.6. The van der Waals surface area contributed by atoms with Crippen LogP contribution in [0.1, 0.15) is 29.7 Å². The van der Waals surface area contributed by atoms with Gasteiger partial charge >= 0.3 is 0 Å². The fraction of sp³-hybridized carbons (Fsp3) is 0.381. The number of hydrogen-bond donors (Lipinski definition) is 1. The van der Waals surface area contributed by atoms with Crippen molar-refractivity contribution in [3.05, 3.63) is 53.3 Å². The molecule has 140 valence electrons. The van der Waals surface area contributed by atoms with Crippen LogP contribution in [0.15, 0.2) is 36.5 Å². The predicted molar refractivity (Wildman–Crippen MR) is 110 cm³/mol. The largest absolute Gasteiger partial charge is 0.350 e. The van der Waals surface area contributed by atoms with Crippen LogP contribution in [0.5, 0.6) is 0 Å². The number of amides is 1. The van der Waals surface area contributed by atoms with Gasteiger partial charge in [0.05, 0.1) is 28.4 Å². The number of aryl methyl sites for hydroxylation is 2. The maximum Gasteiger partial charge on any atom is 0.225 e. The lowest BCUT2D eigenvalue weighted by molar-refractivity contribution is -0.125. The molecule has 0 bridgehead atoms. The van der Waals surface area contributed by atoms with E-state index in [4.69, 9.17) is 4.98 Å². The Hall–Kier alpha value is -2.47. The molecule has 2 aromatic heterocycles. The van der Waals surface area contributed by atoms with Crippen molar-refractivity contribution in [2.75, 3.05) is 18.0 Å². The molecule has 0 radical (unpaired) electrons. The van der Waals surface area contributed by atoms with Crippen molar-refractivity contribution in [1.29, 1.82) is 0 Å². The predicted octanol–water partition coefficient (Wildman–Crippen LogP) is 3.84. The monoisotopic (exact) mass is 380 g/mol. The van der Waals surface area contributed by atoms with Crippen LogP contribution in [0.3, 0.4) is 0 Å². The summed E-state index contributed by atoms with van der Waals surface area (Å²) in [5.74, 6) is 0.107. The fourth-order valence-electron chi connectivity index (χ4n) is 3.68. The molecule has 1 aliphatic heterocycles. The summed E-state index contributed by atoms with van der Waals surface area (Å²) in [4.78, 5) is 24.0. The van der Waals surface area contributed by atoms with Crippen molar-refractivity contribution in [3.63, 3.8) is 0 Å². The summed E-state index contributed by atoms with van der Waals surface area (Å²) >= 11 is 1.73. The summed E-state index contributed by atoms with van der Waals surface area (Å²) in [6.45, 7) is 6.40. The van der Waals surface area contributed by atoms with E-state index in [-0.39, 0.29) is 11.8 Å². The lowest BCUT2D eigenvalue weighted by Gasteiger charge is -2.31. The standard InChI is InChI=1S/C21H24N4OS/c1-14-10-15(2)19-18(11-14)27-21(24-19)25-9-5-6-16(13-25)20(26)23-12-17-7-3-4-8-22-17/h3-4,7-8,10-11,16H,5-6,9,12-13H2,1-2H3,(H,23,26)/t16-/m0/s1. The van der Waals surface area contributed by atoms with Crippen molar-refractivity contribution in [1.82, 2.24) is 15.3 Å². The molecule has 3 aromatic rings. The average Bonchev–Trinajstić information content (AvgIpc) is 3.11. The van der Waals surface area contributed by atoms with Gasteiger partial charge in [0.1, 0.15) is 0 Å². The first-order valence-electron chi connectivity index (χ1n) is 9.40. The third kappa shape index (κ3) is 3.95. The van der Waals surface area contributed by atoms with E-state index in [1.54, 1.807) is 17.5 Å². The van der Waals surface area contributed by atoms with E-state index in [0.717, 1.165) is 42.3 Å². The number of fused-ring (bicyclic) bond motifs is 1. The minimum atomic E-state index is -0.00249. The first-order chi connectivity index (χ1) is 13.1. The quantitative estimate of drug-likeness (QED) is 0.747. The molecule has 0 aliphatic carbocycles.